The molecule has 3 rings (SSSR count). The van der Waals surface area contributed by atoms with Crippen LogP contribution in [0.1, 0.15) is 43.4 Å². The third-order valence-electron chi connectivity index (χ3n) is 5.02. The third kappa shape index (κ3) is 3.94. The topological polar surface area (TPSA) is 24.8 Å². The molecule has 0 radical (unpaired) electrons. The number of halogens is 4. The Hall–Kier alpha value is -1.08. The van der Waals surface area contributed by atoms with Crippen molar-refractivity contribution in [1.29, 1.82) is 0 Å². The summed E-state index contributed by atoms with van der Waals surface area (Å²) in [5.74, 6) is 0.486. The normalized spacial score (nSPS) is 24.5. The molecule has 3 nitrogen and oxygen atoms in total. The summed E-state index contributed by atoms with van der Waals surface area (Å²) >= 11 is 3.37. The van der Waals surface area contributed by atoms with Gasteiger partial charge in [0, 0.05) is 18.4 Å². The zero-order valence-electron chi connectivity index (χ0n) is 13.4. The Morgan fingerprint density at radius 1 is 1.21 bits per heavy atom. The van der Waals surface area contributed by atoms with Gasteiger partial charge in [-0.15, -0.1) is 0 Å². The van der Waals surface area contributed by atoms with E-state index in [1.165, 1.54) is 12.1 Å². The van der Waals surface area contributed by atoms with E-state index < -0.39 is 11.7 Å². The predicted molar refractivity (Wildman–Crippen MR) is 90.0 cm³/mol. The van der Waals surface area contributed by atoms with E-state index in [9.17, 15) is 13.2 Å². The summed E-state index contributed by atoms with van der Waals surface area (Å²) in [7, 11) is 0. The average molecular weight is 405 g/mol. The number of hydrogen-bond acceptors (Lipinski definition) is 3. The molecule has 0 saturated carbocycles. The molecule has 0 unspecified atom stereocenters. The maximum Gasteiger partial charge on any atom is 0.416 e. The van der Waals surface area contributed by atoms with Gasteiger partial charge in [0.15, 0.2) is 0 Å². The molecular formula is C17H20BrF3N2O. The van der Waals surface area contributed by atoms with Crippen LogP contribution in [0.4, 0.5) is 13.2 Å². The van der Waals surface area contributed by atoms with Gasteiger partial charge in [0.2, 0.25) is 0 Å². The molecule has 2 aliphatic rings. The van der Waals surface area contributed by atoms with Crippen LogP contribution in [0.25, 0.3) is 0 Å². The van der Waals surface area contributed by atoms with E-state index in [-0.39, 0.29) is 12.1 Å². The van der Waals surface area contributed by atoms with E-state index in [2.05, 4.69) is 32.9 Å². The maximum atomic E-state index is 12.7. The van der Waals surface area contributed by atoms with Crippen LogP contribution in [-0.2, 0) is 11.0 Å². The van der Waals surface area contributed by atoms with Crippen LogP contribution in [0.2, 0.25) is 0 Å². The van der Waals surface area contributed by atoms with E-state index in [0.717, 1.165) is 42.5 Å². The molecule has 1 fully saturated rings. The quantitative estimate of drug-likeness (QED) is 0.709. The van der Waals surface area contributed by atoms with E-state index >= 15 is 0 Å². The van der Waals surface area contributed by atoms with Gasteiger partial charge in [0.25, 0.3) is 0 Å². The second-order valence-corrected chi connectivity index (χ2v) is 7.40. The Balaban J connectivity index is 1.56. The summed E-state index contributed by atoms with van der Waals surface area (Å²) in [4.78, 5) is 7.77. The lowest BCUT2D eigenvalue weighted by molar-refractivity contribution is -0.137. The smallest absolute Gasteiger partial charge is 0.391 e. The molecule has 7 heteroatoms. The van der Waals surface area contributed by atoms with Crippen LogP contribution in [0.3, 0.4) is 0 Å². The number of nitrogens with zero attached hydrogens (tertiary/aromatic N) is 2. The zero-order valence-corrected chi connectivity index (χ0v) is 15.0. The molecule has 1 aromatic carbocycles. The summed E-state index contributed by atoms with van der Waals surface area (Å²) in [5, 5.41) is 3.95. The Kier molecular flexibility index (Phi) is 5.20. The van der Waals surface area contributed by atoms with Gasteiger partial charge in [-0.2, -0.15) is 13.2 Å². The summed E-state index contributed by atoms with van der Waals surface area (Å²) in [6.07, 6.45) is -1.25. The lowest BCUT2D eigenvalue weighted by Crippen LogP contribution is -2.39. The van der Waals surface area contributed by atoms with Crippen LogP contribution in [0, 0.1) is 5.92 Å². The summed E-state index contributed by atoms with van der Waals surface area (Å²) < 4.78 is 38.8. The number of hydrogen-bond donors (Lipinski definition) is 0. The average Bonchev–Trinajstić information content (AvgIpc) is 3.00. The fraction of sp³-hybridized carbons (Fsp3) is 0.588. The lowest BCUT2D eigenvalue weighted by Gasteiger charge is -2.37. The Labute approximate surface area is 148 Å². The van der Waals surface area contributed by atoms with Gasteiger partial charge in [0.1, 0.15) is 10.7 Å². The van der Waals surface area contributed by atoms with Gasteiger partial charge in [-0.3, -0.25) is 4.90 Å². The highest BCUT2D eigenvalue weighted by Gasteiger charge is 2.33. The summed E-state index contributed by atoms with van der Waals surface area (Å²) in [5.41, 5.74) is 0.325. The Bertz CT molecular complexity index is 595. The minimum Gasteiger partial charge on any atom is -0.391 e. The monoisotopic (exact) mass is 404 g/mol. The van der Waals surface area contributed by atoms with E-state index in [4.69, 9.17) is 4.84 Å². The van der Waals surface area contributed by atoms with Crippen molar-refractivity contribution < 1.29 is 18.0 Å². The highest BCUT2D eigenvalue weighted by Crippen LogP contribution is 2.34. The zero-order chi connectivity index (χ0) is 17.3. The summed E-state index contributed by atoms with van der Waals surface area (Å²) in [6, 6.07) is 5.62. The second kappa shape index (κ2) is 7.04. The van der Waals surface area contributed by atoms with Crippen LogP contribution < -0.4 is 0 Å². The summed E-state index contributed by atoms with van der Waals surface area (Å²) in [6.45, 7) is 3.89. The van der Waals surface area contributed by atoms with Crippen molar-refractivity contribution in [2.75, 3.05) is 13.1 Å². The number of alkyl halides is 3. The van der Waals surface area contributed by atoms with Crippen molar-refractivity contribution in [1.82, 2.24) is 4.90 Å². The van der Waals surface area contributed by atoms with Gasteiger partial charge in [-0.1, -0.05) is 17.3 Å². The minimum atomic E-state index is -4.28. The lowest BCUT2D eigenvalue weighted by atomic mass is 9.89. The maximum absolute atomic E-state index is 12.7. The standard InChI is InChI=1S/C17H20BrF3N2O/c1-11(12-2-4-14(5-3-12)17(19,20)21)23-8-6-13(7-9-23)15-10-16(18)22-24-15/h2-5,11,13,15H,6-10H2,1H3/t11-,15-/m0/s1. The van der Waals surface area contributed by atoms with Crippen molar-refractivity contribution >= 4 is 20.6 Å². The molecule has 132 valence electrons. The van der Waals surface area contributed by atoms with Gasteiger partial charge in [-0.05, 0) is 66.5 Å². The van der Waals surface area contributed by atoms with Gasteiger partial charge in [-0.25, -0.2) is 0 Å². The van der Waals surface area contributed by atoms with Crippen molar-refractivity contribution in [3.8, 4) is 0 Å². The molecule has 24 heavy (non-hydrogen) atoms. The number of benzene rings is 1. The molecule has 0 aromatic heterocycles. The first kappa shape index (κ1) is 17.7. The molecule has 2 atom stereocenters. The number of likely N-dealkylation sites (tertiary alicyclic amines) is 1. The van der Waals surface area contributed by atoms with Crippen LogP contribution in [-0.4, -0.2) is 28.7 Å². The molecule has 2 aliphatic heterocycles. The molecule has 0 aliphatic carbocycles. The molecular weight excluding hydrogens is 385 g/mol. The van der Waals surface area contributed by atoms with Crippen molar-refractivity contribution in [3.63, 3.8) is 0 Å². The van der Waals surface area contributed by atoms with Crippen molar-refractivity contribution in [2.45, 2.75) is 44.5 Å². The fourth-order valence-electron chi connectivity index (χ4n) is 3.46. The van der Waals surface area contributed by atoms with Crippen LogP contribution in [0.5, 0.6) is 0 Å². The SMILES string of the molecule is C[C@@H](c1ccc(C(F)(F)F)cc1)N1CCC([C@@H]2CC(Br)=NO2)CC1. The molecule has 1 saturated heterocycles. The second-order valence-electron chi connectivity index (χ2n) is 6.48. The third-order valence-corrected chi connectivity index (χ3v) is 5.49. The first-order valence-electron chi connectivity index (χ1n) is 8.14. The molecule has 1 aromatic rings. The Morgan fingerprint density at radius 2 is 1.83 bits per heavy atom. The first-order chi connectivity index (χ1) is 11.3. The van der Waals surface area contributed by atoms with E-state index in [1.807, 2.05) is 0 Å². The Morgan fingerprint density at radius 3 is 2.33 bits per heavy atom. The molecule has 0 bridgehead atoms. The number of rotatable bonds is 3. The number of piperidine rings is 1. The van der Waals surface area contributed by atoms with Gasteiger partial charge in [0.05, 0.1) is 5.56 Å². The fourth-order valence-corrected chi connectivity index (χ4v) is 3.86. The highest BCUT2D eigenvalue weighted by molar-refractivity contribution is 9.18. The first-order valence-corrected chi connectivity index (χ1v) is 8.93. The predicted octanol–water partition coefficient (Wildman–Crippen LogP) is 4.98. The molecule has 0 spiro atoms. The van der Waals surface area contributed by atoms with Crippen molar-refractivity contribution in [3.05, 3.63) is 35.4 Å². The van der Waals surface area contributed by atoms with Crippen LogP contribution in [0.15, 0.2) is 29.4 Å². The van der Waals surface area contributed by atoms with Gasteiger partial charge >= 0.3 is 6.18 Å². The van der Waals surface area contributed by atoms with E-state index in [1.54, 1.807) is 12.1 Å². The molecule has 2 heterocycles. The van der Waals surface area contributed by atoms with Crippen molar-refractivity contribution in [2.24, 2.45) is 11.1 Å². The highest BCUT2D eigenvalue weighted by atomic mass is 79.9. The minimum absolute atomic E-state index is 0.112. The number of oxime groups is 1. The van der Waals surface area contributed by atoms with Crippen LogP contribution >= 0.6 is 15.9 Å². The van der Waals surface area contributed by atoms with E-state index in [0.29, 0.717) is 5.92 Å². The molecule has 0 N–H and O–H groups in total. The van der Waals surface area contributed by atoms with Gasteiger partial charge < -0.3 is 4.84 Å². The largest absolute Gasteiger partial charge is 0.416 e. The molecule has 0 amide bonds.